The molecule has 0 aromatic heterocycles. The third-order valence-corrected chi connectivity index (χ3v) is 3.74. The van der Waals surface area contributed by atoms with Crippen molar-refractivity contribution < 1.29 is 9.53 Å². The van der Waals surface area contributed by atoms with Gasteiger partial charge < -0.3 is 9.64 Å². The third kappa shape index (κ3) is 6.17. The summed E-state index contributed by atoms with van der Waals surface area (Å²) in [5.41, 5.74) is 1.40. The summed E-state index contributed by atoms with van der Waals surface area (Å²) in [7, 11) is 0. The maximum Gasteiger partial charge on any atom is 0.409 e. The smallest absolute Gasteiger partial charge is 0.409 e. The number of amides is 1. The van der Waals surface area contributed by atoms with Crippen molar-refractivity contribution in [1.29, 1.82) is 0 Å². The summed E-state index contributed by atoms with van der Waals surface area (Å²) in [4.78, 5) is 13.5. The van der Waals surface area contributed by atoms with Crippen molar-refractivity contribution in [2.75, 3.05) is 32.8 Å². The lowest BCUT2D eigenvalue weighted by molar-refractivity contribution is 0.0957. The Morgan fingerprint density at radius 3 is 2.52 bits per heavy atom. The lowest BCUT2D eigenvalue weighted by Crippen LogP contribution is -2.44. The highest BCUT2D eigenvalue weighted by Gasteiger charge is 2.17. The van der Waals surface area contributed by atoms with Crippen LogP contribution >= 0.6 is 0 Å². The predicted molar refractivity (Wildman–Crippen MR) is 83.4 cm³/mol. The Kier molecular flexibility index (Phi) is 7.08. The van der Waals surface area contributed by atoms with Crippen molar-refractivity contribution in [1.82, 2.24) is 10.2 Å². The number of rotatable bonds is 7. The number of benzene rings is 1. The Morgan fingerprint density at radius 1 is 1.05 bits per heavy atom. The lowest BCUT2D eigenvalue weighted by atomic mass is 10.1. The van der Waals surface area contributed by atoms with Crippen LogP contribution in [-0.2, 0) is 11.2 Å². The standard InChI is InChI=1S/C17H25N2O2/c20-17(19-13-11-18-12-14-19)21-15-7-2-1-4-8-16-9-5-3-6-10-16/h3,5-6,9-10H,1-2,4,7-8,11-15H2. The third-order valence-electron chi connectivity index (χ3n) is 3.74. The van der Waals surface area contributed by atoms with Crippen LogP contribution in [0.3, 0.4) is 0 Å². The molecular weight excluding hydrogens is 264 g/mol. The summed E-state index contributed by atoms with van der Waals surface area (Å²) in [6, 6.07) is 10.6. The Labute approximate surface area is 127 Å². The van der Waals surface area contributed by atoms with E-state index in [9.17, 15) is 4.79 Å². The van der Waals surface area contributed by atoms with Crippen LogP contribution in [0, 0.1) is 0 Å². The molecule has 2 rings (SSSR count). The van der Waals surface area contributed by atoms with Crippen LogP contribution in [0.15, 0.2) is 30.3 Å². The quantitative estimate of drug-likeness (QED) is 0.724. The highest BCUT2D eigenvalue weighted by molar-refractivity contribution is 5.67. The molecule has 0 saturated carbocycles. The Balaban J connectivity index is 1.45. The van der Waals surface area contributed by atoms with Crippen LogP contribution in [0.5, 0.6) is 0 Å². The van der Waals surface area contributed by atoms with Gasteiger partial charge in [-0.1, -0.05) is 43.2 Å². The van der Waals surface area contributed by atoms with E-state index in [-0.39, 0.29) is 6.09 Å². The minimum atomic E-state index is -0.172. The molecule has 0 aliphatic carbocycles. The zero-order valence-electron chi connectivity index (χ0n) is 12.7. The van der Waals surface area contributed by atoms with E-state index < -0.39 is 0 Å². The van der Waals surface area contributed by atoms with Gasteiger partial charge in [0.15, 0.2) is 0 Å². The summed E-state index contributed by atoms with van der Waals surface area (Å²) >= 11 is 0. The van der Waals surface area contributed by atoms with E-state index in [1.807, 2.05) is 6.07 Å². The highest BCUT2D eigenvalue weighted by atomic mass is 16.6. The SMILES string of the molecule is O=C(OCCCCCCc1ccccc1)N1CC[N]CC1. The Hall–Kier alpha value is -1.55. The monoisotopic (exact) mass is 289 g/mol. The molecule has 0 bridgehead atoms. The van der Waals surface area contributed by atoms with Crippen LogP contribution in [0.1, 0.15) is 31.2 Å². The first-order valence-electron chi connectivity index (χ1n) is 7.95. The maximum atomic E-state index is 11.7. The fourth-order valence-corrected chi connectivity index (χ4v) is 2.47. The number of ether oxygens (including phenoxy) is 1. The topological polar surface area (TPSA) is 43.6 Å². The fourth-order valence-electron chi connectivity index (χ4n) is 2.47. The van der Waals surface area contributed by atoms with Gasteiger partial charge in [0.25, 0.3) is 0 Å². The van der Waals surface area contributed by atoms with Crippen molar-refractivity contribution in [3.05, 3.63) is 35.9 Å². The van der Waals surface area contributed by atoms with E-state index in [0.717, 1.165) is 32.4 Å². The highest BCUT2D eigenvalue weighted by Crippen LogP contribution is 2.08. The second-order valence-electron chi connectivity index (χ2n) is 5.42. The van der Waals surface area contributed by atoms with Gasteiger partial charge in [0.05, 0.1) is 6.61 Å². The van der Waals surface area contributed by atoms with E-state index in [4.69, 9.17) is 4.74 Å². The van der Waals surface area contributed by atoms with Crippen LogP contribution < -0.4 is 5.32 Å². The van der Waals surface area contributed by atoms with Gasteiger partial charge in [-0.15, -0.1) is 0 Å². The van der Waals surface area contributed by atoms with Gasteiger partial charge in [-0.05, 0) is 24.8 Å². The first-order valence-corrected chi connectivity index (χ1v) is 7.95. The number of aryl methyl sites for hydroxylation is 1. The Morgan fingerprint density at radius 2 is 1.76 bits per heavy atom. The summed E-state index contributed by atoms with van der Waals surface area (Å²) < 4.78 is 5.29. The van der Waals surface area contributed by atoms with Gasteiger partial charge in [-0.2, -0.15) is 0 Å². The minimum Gasteiger partial charge on any atom is -0.449 e. The molecule has 1 aromatic carbocycles. The van der Waals surface area contributed by atoms with E-state index in [1.54, 1.807) is 4.90 Å². The molecule has 1 saturated heterocycles. The number of nitrogens with zero attached hydrogens (tertiary/aromatic N) is 2. The van der Waals surface area contributed by atoms with Crippen molar-refractivity contribution in [3.8, 4) is 0 Å². The Bertz CT molecular complexity index is 403. The molecule has 1 aliphatic rings. The molecule has 1 fully saturated rings. The average molecular weight is 289 g/mol. The lowest BCUT2D eigenvalue weighted by Gasteiger charge is -2.25. The molecular formula is C17H25N2O2. The number of carbonyl (C=O) groups excluding carboxylic acids is 1. The number of hydrogen-bond acceptors (Lipinski definition) is 2. The van der Waals surface area contributed by atoms with Gasteiger partial charge in [-0.25, -0.2) is 10.1 Å². The second kappa shape index (κ2) is 9.40. The largest absolute Gasteiger partial charge is 0.449 e. The molecule has 1 heterocycles. The minimum absolute atomic E-state index is 0.172. The second-order valence-corrected chi connectivity index (χ2v) is 5.42. The van der Waals surface area contributed by atoms with Gasteiger partial charge in [0.1, 0.15) is 0 Å². The summed E-state index contributed by atoms with van der Waals surface area (Å²) in [5.74, 6) is 0. The maximum absolute atomic E-state index is 11.7. The number of piperazine rings is 1. The number of hydrogen-bond donors (Lipinski definition) is 0. The molecule has 0 N–H and O–H groups in total. The van der Waals surface area contributed by atoms with Gasteiger partial charge >= 0.3 is 6.09 Å². The van der Waals surface area contributed by atoms with E-state index in [2.05, 4.69) is 29.6 Å². The van der Waals surface area contributed by atoms with Crippen LogP contribution in [0.4, 0.5) is 4.79 Å². The van der Waals surface area contributed by atoms with Gasteiger partial charge in [0.2, 0.25) is 0 Å². The van der Waals surface area contributed by atoms with Gasteiger partial charge in [-0.3, -0.25) is 0 Å². The summed E-state index contributed by atoms with van der Waals surface area (Å²) in [6.07, 6.45) is 5.43. The van der Waals surface area contributed by atoms with E-state index in [0.29, 0.717) is 19.7 Å². The summed E-state index contributed by atoms with van der Waals surface area (Å²) in [6.45, 7) is 3.44. The van der Waals surface area contributed by atoms with Crippen molar-refractivity contribution in [2.45, 2.75) is 32.1 Å². The van der Waals surface area contributed by atoms with Crippen molar-refractivity contribution in [3.63, 3.8) is 0 Å². The molecule has 1 aliphatic heterocycles. The molecule has 0 unspecified atom stereocenters. The normalized spacial score (nSPS) is 15.0. The molecule has 1 radical (unpaired) electrons. The summed E-state index contributed by atoms with van der Waals surface area (Å²) in [5, 5.41) is 4.22. The molecule has 0 spiro atoms. The fraction of sp³-hybridized carbons (Fsp3) is 0.588. The molecule has 4 heteroatoms. The van der Waals surface area contributed by atoms with Crippen LogP contribution in [0.2, 0.25) is 0 Å². The molecule has 21 heavy (non-hydrogen) atoms. The molecule has 1 amide bonds. The van der Waals surface area contributed by atoms with E-state index >= 15 is 0 Å². The van der Waals surface area contributed by atoms with Crippen LogP contribution in [-0.4, -0.2) is 43.8 Å². The average Bonchev–Trinajstić information content (AvgIpc) is 2.55. The van der Waals surface area contributed by atoms with Crippen molar-refractivity contribution in [2.24, 2.45) is 0 Å². The first kappa shape index (κ1) is 15.8. The molecule has 4 nitrogen and oxygen atoms in total. The number of carbonyl (C=O) groups is 1. The first-order chi connectivity index (χ1) is 10.4. The van der Waals surface area contributed by atoms with E-state index in [1.165, 1.54) is 18.4 Å². The zero-order valence-corrected chi connectivity index (χ0v) is 12.7. The van der Waals surface area contributed by atoms with Gasteiger partial charge in [0, 0.05) is 26.2 Å². The van der Waals surface area contributed by atoms with Crippen LogP contribution in [0.25, 0.3) is 0 Å². The molecule has 115 valence electrons. The predicted octanol–water partition coefficient (Wildman–Crippen LogP) is 2.85. The molecule has 1 aromatic rings. The number of unbranched alkanes of at least 4 members (excludes halogenated alkanes) is 3. The molecule has 0 atom stereocenters. The van der Waals surface area contributed by atoms with Crippen molar-refractivity contribution >= 4 is 6.09 Å². The zero-order chi connectivity index (χ0) is 14.8.